The smallest absolute Gasteiger partial charge is 0.120 e. The van der Waals surface area contributed by atoms with Crippen LogP contribution in [0.15, 0.2) is 18.2 Å². The summed E-state index contributed by atoms with van der Waals surface area (Å²) in [5, 5.41) is 13.3. The van der Waals surface area contributed by atoms with Crippen molar-refractivity contribution >= 4 is 11.6 Å². The molecule has 0 atom stereocenters. The molecule has 0 aliphatic heterocycles. The van der Waals surface area contributed by atoms with Gasteiger partial charge in [0.2, 0.25) is 0 Å². The molecule has 0 aliphatic rings. The number of benzene rings is 1. The molecule has 0 fully saturated rings. The van der Waals surface area contributed by atoms with Crippen LogP contribution in [0.1, 0.15) is 19.4 Å². The molecule has 0 spiro atoms. The van der Waals surface area contributed by atoms with Gasteiger partial charge in [0.05, 0.1) is 0 Å². The monoisotopic (exact) mass is 199 g/mol. The van der Waals surface area contributed by atoms with Crippen LogP contribution in [0.2, 0.25) is 5.02 Å². The summed E-state index contributed by atoms with van der Waals surface area (Å²) in [7, 11) is 1.85. The van der Waals surface area contributed by atoms with Gasteiger partial charge in [0, 0.05) is 16.1 Å². The van der Waals surface area contributed by atoms with Gasteiger partial charge in [-0.15, -0.1) is 0 Å². The van der Waals surface area contributed by atoms with Gasteiger partial charge in [0.25, 0.3) is 0 Å². The minimum atomic E-state index is -0.269. The van der Waals surface area contributed by atoms with Gasteiger partial charge in [-0.3, -0.25) is 0 Å². The Morgan fingerprint density at radius 3 is 2.54 bits per heavy atom. The Morgan fingerprint density at radius 2 is 2.00 bits per heavy atom. The van der Waals surface area contributed by atoms with Crippen LogP contribution in [0.4, 0.5) is 0 Å². The quantitative estimate of drug-likeness (QED) is 0.767. The van der Waals surface area contributed by atoms with E-state index in [0.717, 1.165) is 5.56 Å². The summed E-state index contributed by atoms with van der Waals surface area (Å²) in [4.78, 5) is 0. The Balaban J connectivity index is 3.20. The van der Waals surface area contributed by atoms with Crippen LogP contribution in [0.5, 0.6) is 5.75 Å². The molecule has 72 valence electrons. The molecule has 0 amide bonds. The maximum absolute atomic E-state index is 9.60. The molecular formula is C10H14ClNO. The van der Waals surface area contributed by atoms with E-state index in [2.05, 4.69) is 5.32 Å². The molecule has 0 bridgehead atoms. The summed E-state index contributed by atoms with van der Waals surface area (Å²) in [5.74, 6) is 0.267. The van der Waals surface area contributed by atoms with Crippen molar-refractivity contribution in [3.8, 4) is 5.75 Å². The minimum Gasteiger partial charge on any atom is -0.508 e. The second kappa shape index (κ2) is 3.56. The van der Waals surface area contributed by atoms with Crippen LogP contribution in [0, 0.1) is 0 Å². The van der Waals surface area contributed by atoms with Gasteiger partial charge in [0.1, 0.15) is 5.75 Å². The van der Waals surface area contributed by atoms with Crippen molar-refractivity contribution in [1.29, 1.82) is 0 Å². The molecule has 0 heterocycles. The highest BCUT2D eigenvalue weighted by molar-refractivity contribution is 6.30. The van der Waals surface area contributed by atoms with Gasteiger partial charge in [-0.05, 0) is 39.1 Å². The summed E-state index contributed by atoms with van der Waals surface area (Å²) in [6.45, 7) is 3.97. The third-order valence-electron chi connectivity index (χ3n) is 2.26. The zero-order valence-electron chi connectivity index (χ0n) is 8.06. The predicted octanol–water partition coefficient (Wildman–Crippen LogP) is 2.50. The van der Waals surface area contributed by atoms with Crippen LogP contribution >= 0.6 is 11.6 Å². The van der Waals surface area contributed by atoms with Crippen LogP contribution < -0.4 is 5.32 Å². The molecule has 13 heavy (non-hydrogen) atoms. The molecule has 1 aromatic carbocycles. The molecular weight excluding hydrogens is 186 g/mol. The van der Waals surface area contributed by atoms with E-state index in [4.69, 9.17) is 11.6 Å². The third-order valence-corrected chi connectivity index (χ3v) is 2.49. The SMILES string of the molecule is CNC(C)(C)c1cc(Cl)ccc1O. The van der Waals surface area contributed by atoms with Gasteiger partial charge in [0.15, 0.2) is 0 Å². The maximum Gasteiger partial charge on any atom is 0.120 e. The number of phenols is 1. The van der Waals surface area contributed by atoms with Gasteiger partial charge in [-0.1, -0.05) is 11.6 Å². The van der Waals surface area contributed by atoms with E-state index >= 15 is 0 Å². The molecule has 0 aromatic heterocycles. The van der Waals surface area contributed by atoms with Crippen molar-refractivity contribution < 1.29 is 5.11 Å². The molecule has 0 saturated heterocycles. The van der Waals surface area contributed by atoms with E-state index in [0.29, 0.717) is 5.02 Å². The molecule has 0 saturated carbocycles. The van der Waals surface area contributed by atoms with Gasteiger partial charge >= 0.3 is 0 Å². The Kier molecular flexibility index (Phi) is 2.84. The molecule has 0 aliphatic carbocycles. The molecule has 0 radical (unpaired) electrons. The average Bonchev–Trinajstić information content (AvgIpc) is 2.09. The summed E-state index contributed by atoms with van der Waals surface area (Å²) >= 11 is 5.84. The van der Waals surface area contributed by atoms with E-state index in [1.54, 1.807) is 18.2 Å². The van der Waals surface area contributed by atoms with E-state index < -0.39 is 0 Å². The molecule has 2 N–H and O–H groups in total. The van der Waals surface area contributed by atoms with Crippen molar-refractivity contribution in [2.24, 2.45) is 0 Å². The number of halogens is 1. The van der Waals surface area contributed by atoms with Crippen LogP contribution in [-0.4, -0.2) is 12.2 Å². The predicted molar refractivity (Wildman–Crippen MR) is 55.2 cm³/mol. The van der Waals surface area contributed by atoms with Crippen molar-refractivity contribution in [2.45, 2.75) is 19.4 Å². The first-order chi connectivity index (χ1) is 5.97. The van der Waals surface area contributed by atoms with Gasteiger partial charge in [-0.2, -0.15) is 0 Å². The number of phenolic OH excluding ortho intramolecular Hbond substituents is 1. The number of hydrogen-bond donors (Lipinski definition) is 2. The van der Waals surface area contributed by atoms with Gasteiger partial charge < -0.3 is 10.4 Å². The Bertz CT molecular complexity index is 310. The highest BCUT2D eigenvalue weighted by Gasteiger charge is 2.21. The Labute approximate surface area is 83.5 Å². The first kappa shape index (κ1) is 10.4. The molecule has 0 unspecified atom stereocenters. The average molecular weight is 200 g/mol. The molecule has 1 aromatic rings. The van der Waals surface area contributed by atoms with Crippen LogP contribution in [-0.2, 0) is 5.54 Å². The number of rotatable bonds is 2. The van der Waals surface area contributed by atoms with Crippen molar-refractivity contribution in [3.05, 3.63) is 28.8 Å². The standard InChI is InChI=1S/C10H14ClNO/c1-10(2,12-3)8-6-7(11)4-5-9(8)13/h4-6,12-13H,1-3H3. The summed E-state index contributed by atoms with van der Waals surface area (Å²) in [5.41, 5.74) is 0.539. The van der Waals surface area contributed by atoms with E-state index in [-0.39, 0.29) is 11.3 Å². The van der Waals surface area contributed by atoms with Crippen molar-refractivity contribution in [2.75, 3.05) is 7.05 Å². The zero-order chi connectivity index (χ0) is 10.1. The fourth-order valence-corrected chi connectivity index (χ4v) is 1.32. The fraction of sp³-hybridized carbons (Fsp3) is 0.400. The number of nitrogens with one attached hydrogen (secondary N) is 1. The van der Waals surface area contributed by atoms with Crippen LogP contribution in [0.25, 0.3) is 0 Å². The highest BCUT2D eigenvalue weighted by atomic mass is 35.5. The normalized spacial score (nSPS) is 11.7. The van der Waals surface area contributed by atoms with Gasteiger partial charge in [-0.25, -0.2) is 0 Å². The maximum atomic E-state index is 9.60. The lowest BCUT2D eigenvalue weighted by Gasteiger charge is -2.25. The van der Waals surface area contributed by atoms with Crippen LogP contribution in [0.3, 0.4) is 0 Å². The molecule has 2 nitrogen and oxygen atoms in total. The van der Waals surface area contributed by atoms with E-state index in [9.17, 15) is 5.11 Å². The van der Waals surface area contributed by atoms with Crippen molar-refractivity contribution in [3.63, 3.8) is 0 Å². The Morgan fingerprint density at radius 1 is 1.38 bits per heavy atom. The lowest BCUT2D eigenvalue weighted by molar-refractivity contribution is 0.401. The van der Waals surface area contributed by atoms with E-state index in [1.165, 1.54) is 0 Å². The lowest BCUT2D eigenvalue weighted by atomic mass is 9.94. The molecule has 1 rings (SSSR count). The Hall–Kier alpha value is -0.730. The summed E-state index contributed by atoms with van der Waals surface area (Å²) < 4.78 is 0. The number of aromatic hydroxyl groups is 1. The largest absolute Gasteiger partial charge is 0.508 e. The first-order valence-electron chi connectivity index (χ1n) is 4.15. The van der Waals surface area contributed by atoms with Crippen molar-refractivity contribution in [1.82, 2.24) is 5.32 Å². The minimum absolute atomic E-state index is 0.267. The topological polar surface area (TPSA) is 32.3 Å². The fourth-order valence-electron chi connectivity index (χ4n) is 1.14. The second-order valence-electron chi connectivity index (χ2n) is 3.54. The van der Waals surface area contributed by atoms with E-state index in [1.807, 2.05) is 20.9 Å². The molecule has 3 heteroatoms. The third kappa shape index (κ3) is 2.14. The summed E-state index contributed by atoms with van der Waals surface area (Å²) in [6, 6.07) is 5.05. The zero-order valence-corrected chi connectivity index (χ0v) is 8.81. The summed E-state index contributed by atoms with van der Waals surface area (Å²) in [6.07, 6.45) is 0. The number of hydrogen-bond acceptors (Lipinski definition) is 2. The highest BCUT2D eigenvalue weighted by Crippen LogP contribution is 2.30. The lowest BCUT2D eigenvalue weighted by Crippen LogP contribution is -2.33. The first-order valence-corrected chi connectivity index (χ1v) is 4.53. The second-order valence-corrected chi connectivity index (χ2v) is 3.97.